The van der Waals surface area contributed by atoms with Gasteiger partial charge in [-0.05, 0) is 0 Å². The molecule has 7 nitrogen and oxygen atoms in total. The lowest BCUT2D eigenvalue weighted by atomic mass is 10.7. The molecular formula is C7H8N6OS2. The summed E-state index contributed by atoms with van der Waals surface area (Å²) >= 11 is 2.58. The molecule has 0 aromatic carbocycles. The Morgan fingerprint density at radius 2 is 2.56 bits per heavy atom. The van der Waals surface area contributed by atoms with Crippen molar-refractivity contribution >= 4 is 34.1 Å². The van der Waals surface area contributed by atoms with E-state index in [-0.39, 0.29) is 11.7 Å². The number of thioether (sulfide) groups is 1. The monoisotopic (exact) mass is 256 g/mol. The van der Waals surface area contributed by atoms with Gasteiger partial charge in [-0.3, -0.25) is 4.79 Å². The van der Waals surface area contributed by atoms with E-state index in [1.165, 1.54) is 34.1 Å². The van der Waals surface area contributed by atoms with Crippen molar-refractivity contribution < 1.29 is 4.79 Å². The fourth-order valence-electron chi connectivity index (χ4n) is 0.906. The zero-order valence-electron chi connectivity index (χ0n) is 8.03. The van der Waals surface area contributed by atoms with Crippen LogP contribution in [0.15, 0.2) is 23.1 Å². The van der Waals surface area contributed by atoms with Gasteiger partial charge in [0, 0.05) is 11.6 Å². The van der Waals surface area contributed by atoms with E-state index < -0.39 is 0 Å². The Kier molecular flexibility index (Phi) is 3.37. The van der Waals surface area contributed by atoms with Gasteiger partial charge in [0.05, 0.1) is 5.75 Å². The smallest absolute Gasteiger partial charge is 0.236 e. The number of nitrogens with two attached hydrogens (primary N) is 1. The van der Waals surface area contributed by atoms with Gasteiger partial charge >= 0.3 is 0 Å². The molecule has 84 valence electrons. The predicted octanol–water partition coefficient (Wildman–Crippen LogP) is 0.179. The van der Waals surface area contributed by atoms with Crippen LogP contribution in [0.25, 0.3) is 0 Å². The largest absolute Gasteiger partial charge is 0.336 e. The van der Waals surface area contributed by atoms with Crippen LogP contribution in [0.1, 0.15) is 0 Å². The molecule has 0 spiro atoms. The molecule has 0 saturated heterocycles. The van der Waals surface area contributed by atoms with Crippen LogP contribution in [0.2, 0.25) is 0 Å². The molecule has 0 radical (unpaired) electrons. The summed E-state index contributed by atoms with van der Waals surface area (Å²) in [6.45, 7) is 0. The van der Waals surface area contributed by atoms with Crippen molar-refractivity contribution in [1.82, 2.24) is 19.9 Å². The molecule has 0 saturated carbocycles. The maximum absolute atomic E-state index is 11.5. The molecule has 0 aliphatic rings. The van der Waals surface area contributed by atoms with Crippen LogP contribution in [0.4, 0.5) is 5.13 Å². The van der Waals surface area contributed by atoms with E-state index in [4.69, 9.17) is 5.84 Å². The highest BCUT2D eigenvalue weighted by Gasteiger charge is 2.08. The van der Waals surface area contributed by atoms with E-state index >= 15 is 0 Å². The third kappa shape index (κ3) is 2.70. The number of thiazole rings is 1. The number of nitrogens with zero attached hydrogens (tertiary/aromatic N) is 4. The van der Waals surface area contributed by atoms with Crippen LogP contribution in [-0.4, -0.2) is 31.5 Å². The third-order valence-corrected chi connectivity index (χ3v) is 3.20. The van der Waals surface area contributed by atoms with Crippen molar-refractivity contribution in [2.24, 2.45) is 0 Å². The maximum atomic E-state index is 11.5. The number of nitrogens with one attached hydrogen (secondary N) is 1. The summed E-state index contributed by atoms with van der Waals surface area (Å²) in [7, 11) is 0. The van der Waals surface area contributed by atoms with Gasteiger partial charge in [-0.15, -0.1) is 21.5 Å². The normalized spacial score (nSPS) is 10.2. The summed E-state index contributed by atoms with van der Waals surface area (Å²) in [5.74, 6) is 5.56. The number of carbonyl (C=O) groups excluding carboxylic acids is 1. The van der Waals surface area contributed by atoms with Gasteiger partial charge in [-0.1, -0.05) is 11.8 Å². The van der Waals surface area contributed by atoms with Gasteiger partial charge in [0.15, 0.2) is 5.13 Å². The highest BCUT2D eigenvalue weighted by atomic mass is 32.2. The summed E-state index contributed by atoms with van der Waals surface area (Å²) in [5.41, 5.74) is 0. The summed E-state index contributed by atoms with van der Waals surface area (Å²) in [5, 5.41) is 12.9. The fraction of sp³-hybridized carbons (Fsp3) is 0.143. The second-order valence-electron chi connectivity index (χ2n) is 2.69. The second-order valence-corrected chi connectivity index (χ2v) is 4.53. The maximum Gasteiger partial charge on any atom is 0.236 e. The number of carbonyl (C=O) groups is 1. The van der Waals surface area contributed by atoms with Crippen LogP contribution in [0, 0.1) is 0 Å². The number of hydrogen-bond acceptors (Lipinski definition) is 7. The first-order valence-corrected chi connectivity index (χ1v) is 6.09. The van der Waals surface area contributed by atoms with E-state index in [1.54, 1.807) is 11.6 Å². The molecule has 1 amide bonds. The molecule has 0 unspecified atom stereocenters. The first kappa shape index (κ1) is 10.9. The first-order valence-electron chi connectivity index (χ1n) is 4.23. The van der Waals surface area contributed by atoms with Crippen LogP contribution in [-0.2, 0) is 4.79 Å². The van der Waals surface area contributed by atoms with Gasteiger partial charge in [-0.25, -0.2) is 9.66 Å². The van der Waals surface area contributed by atoms with Gasteiger partial charge in [0.1, 0.15) is 6.33 Å². The molecule has 0 aliphatic carbocycles. The topological polar surface area (TPSA) is 98.7 Å². The molecule has 2 aromatic rings. The first-order chi connectivity index (χ1) is 7.75. The average molecular weight is 256 g/mol. The standard InChI is InChI=1S/C7H8N6OS2/c8-13-4-10-12-7(13)16-3-5(14)11-6-9-1-2-15-6/h1-2,4H,3,8H2,(H,9,11,14). The summed E-state index contributed by atoms with van der Waals surface area (Å²) < 4.78 is 1.27. The fourth-order valence-corrected chi connectivity index (χ4v) is 2.08. The minimum atomic E-state index is -0.150. The summed E-state index contributed by atoms with van der Waals surface area (Å²) in [6.07, 6.45) is 3.00. The third-order valence-electron chi connectivity index (χ3n) is 1.55. The Labute approximate surface area is 99.0 Å². The van der Waals surface area contributed by atoms with Gasteiger partial charge < -0.3 is 11.2 Å². The molecule has 0 fully saturated rings. The van der Waals surface area contributed by atoms with Gasteiger partial charge in [-0.2, -0.15) is 0 Å². The number of nitrogen functional groups attached to an aromatic ring is 1. The number of hydrogen-bond donors (Lipinski definition) is 2. The molecule has 0 aliphatic heterocycles. The van der Waals surface area contributed by atoms with Crippen molar-refractivity contribution in [2.75, 3.05) is 16.9 Å². The second kappa shape index (κ2) is 4.94. The van der Waals surface area contributed by atoms with Crippen molar-refractivity contribution in [2.45, 2.75) is 5.16 Å². The van der Waals surface area contributed by atoms with E-state index in [0.717, 1.165) is 0 Å². The van der Waals surface area contributed by atoms with E-state index in [9.17, 15) is 4.79 Å². The average Bonchev–Trinajstić information content (AvgIpc) is 2.87. The van der Waals surface area contributed by atoms with E-state index in [2.05, 4.69) is 20.5 Å². The molecule has 0 atom stereocenters. The number of amides is 1. The summed E-state index contributed by atoms with van der Waals surface area (Å²) in [6, 6.07) is 0. The Morgan fingerprint density at radius 1 is 1.69 bits per heavy atom. The predicted molar refractivity (Wildman–Crippen MR) is 61.6 cm³/mol. The number of aromatic nitrogens is 4. The molecule has 2 rings (SSSR count). The van der Waals surface area contributed by atoms with Crippen molar-refractivity contribution in [3.63, 3.8) is 0 Å². The van der Waals surface area contributed by atoms with E-state index in [0.29, 0.717) is 10.3 Å². The lowest BCUT2D eigenvalue weighted by molar-refractivity contribution is -0.113. The Morgan fingerprint density at radius 3 is 3.19 bits per heavy atom. The van der Waals surface area contributed by atoms with Crippen LogP contribution >= 0.6 is 23.1 Å². The van der Waals surface area contributed by atoms with Crippen LogP contribution in [0.3, 0.4) is 0 Å². The van der Waals surface area contributed by atoms with Crippen molar-refractivity contribution in [3.8, 4) is 0 Å². The van der Waals surface area contributed by atoms with Crippen molar-refractivity contribution in [3.05, 3.63) is 17.9 Å². The molecule has 0 bridgehead atoms. The molecule has 3 N–H and O–H groups in total. The minimum Gasteiger partial charge on any atom is -0.336 e. The lowest BCUT2D eigenvalue weighted by Crippen LogP contribution is -2.15. The Hall–Kier alpha value is -1.61. The molecule has 2 aromatic heterocycles. The Bertz CT molecular complexity index is 467. The van der Waals surface area contributed by atoms with Gasteiger partial charge in [0.2, 0.25) is 11.1 Å². The highest BCUT2D eigenvalue weighted by Crippen LogP contribution is 2.14. The number of rotatable bonds is 4. The molecular weight excluding hydrogens is 248 g/mol. The van der Waals surface area contributed by atoms with Crippen LogP contribution in [0.5, 0.6) is 0 Å². The quantitative estimate of drug-likeness (QED) is 0.598. The highest BCUT2D eigenvalue weighted by molar-refractivity contribution is 7.99. The zero-order valence-corrected chi connectivity index (χ0v) is 9.66. The minimum absolute atomic E-state index is 0.150. The molecule has 2 heterocycles. The van der Waals surface area contributed by atoms with Crippen LogP contribution < -0.4 is 11.2 Å². The molecule has 9 heteroatoms. The molecule has 16 heavy (non-hydrogen) atoms. The zero-order chi connectivity index (χ0) is 11.4. The summed E-state index contributed by atoms with van der Waals surface area (Å²) in [4.78, 5) is 15.4. The van der Waals surface area contributed by atoms with Crippen molar-refractivity contribution in [1.29, 1.82) is 0 Å². The number of anilines is 1. The SMILES string of the molecule is Nn1cnnc1SCC(=O)Nc1nccs1. The lowest BCUT2D eigenvalue weighted by Gasteiger charge is -2.00. The van der Waals surface area contributed by atoms with E-state index in [1.807, 2.05) is 0 Å². The Balaban J connectivity index is 1.82. The van der Waals surface area contributed by atoms with Gasteiger partial charge in [0.25, 0.3) is 0 Å².